The van der Waals surface area contributed by atoms with Crippen molar-refractivity contribution >= 4 is 0 Å². The molecule has 0 unspecified atom stereocenters. The molecular weight excluding hydrogens is 168 g/mol. The van der Waals surface area contributed by atoms with Crippen molar-refractivity contribution in [1.82, 2.24) is 30.4 Å². The van der Waals surface area contributed by atoms with Gasteiger partial charge in [0.05, 0.1) is 6.54 Å². The van der Waals surface area contributed by atoms with Gasteiger partial charge in [-0.05, 0) is 10.4 Å². The average Bonchev–Trinajstić information content (AvgIpc) is 2.69. The normalized spacial score (nSPS) is 19.1. The molecule has 1 aliphatic rings. The molecule has 6 nitrogen and oxygen atoms in total. The van der Waals surface area contributed by atoms with Crippen LogP contribution in [0.1, 0.15) is 0 Å². The van der Waals surface area contributed by atoms with Gasteiger partial charge in [-0.25, -0.2) is 4.68 Å². The van der Waals surface area contributed by atoms with Crippen molar-refractivity contribution < 1.29 is 0 Å². The highest BCUT2D eigenvalue weighted by atomic mass is 15.5. The third-order valence-corrected chi connectivity index (χ3v) is 2.25. The lowest BCUT2D eigenvalue weighted by atomic mass is 10.3. The Kier molecular flexibility index (Phi) is 2.83. The Hall–Kier alpha value is -1.01. The zero-order valence-corrected chi connectivity index (χ0v) is 7.56. The molecule has 1 fully saturated rings. The van der Waals surface area contributed by atoms with Crippen molar-refractivity contribution in [2.24, 2.45) is 0 Å². The molecule has 2 heterocycles. The maximum absolute atomic E-state index is 3.81. The SMILES string of the molecule is c1nnnn1CCN1CCNCC1. The Morgan fingerprint density at radius 1 is 1.23 bits per heavy atom. The Bertz CT molecular complexity index is 227. The smallest absolute Gasteiger partial charge is 0.138 e. The Morgan fingerprint density at radius 2 is 2.08 bits per heavy atom. The topological polar surface area (TPSA) is 58.9 Å². The van der Waals surface area contributed by atoms with Gasteiger partial charge in [-0.3, -0.25) is 4.90 Å². The third kappa shape index (κ3) is 2.46. The summed E-state index contributed by atoms with van der Waals surface area (Å²) in [6.07, 6.45) is 1.65. The van der Waals surface area contributed by atoms with Crippen LogP contribution in [0.5, 0.6) is 0 Å². The molecule has 1 aromatic rings. The van der Waals surface area contributed by atoms with Gasteiger partial charge in [-0.15, -0.1) is 5.10 Å². The van der Waals surface area contributed by atoms with Crippen molar-refractivity contribution in [2.45, 2.75) is 6.54 Å². The van der Waals surface area contributed by atoms with Gasteiger partial charge in [0.25, 0.3) is 0 Å². The van der Waals surface area contributed by atoms with Crippen LogP contribution in [-0.4, -0.2) is 57.8 Å². The first-order valence-corrected chi connectivity index (χ1v) is 4.59. The number of tetrazole rings is 1. The second kappa shape index (κ2) is 4.29. The number of aromatic nitrogens is 4. The molecule has 0 saturated carbocycles. The molecule has 0 bridgehead atoms. The Labute approximate surface area is 76.9 Å². The molecule has 1 N–H and O–H groups in total. The van der Waals surface area contributed by atoms with Gasteiger partial charge in [-0.2, -0.15) is 0 Å². The molecule has 0 aromatic carbocycles. The Morgan fingerprint density at radius 3 is 2.77 bits per heavy atom. The molecular formula is C7H14N6. The van der Waals surface area contributed by atoms with E-state index >= 15 is 0 Å². The van der Waals surface area contributed by atoms with E-state index in [1.54, 1.807) is 11.0 Å². The van der Waals surface area contributed by atoms with E-state index in [2.05, 4.69) is 25.7 Å². The van der Waals surface area contributed by atoms with E-state index in [1.807, 2.05) is 0 Å². The number of piperazine rings is 1. The molecule has 1 aromatic heterocycles. The van der Waals surface area contributed by atoms with Crippen LogP contribution in [0.2, 0.25) is 0 Å². The summed E-state index contributed by atoms with van der Waals surface area (Å²) in [6.45, 7) is 6.36. The van der Waals surface area contributed by atoms with E-state index in [0.29, 0.717) is 0 Å². The molecule has 2 rings (SSSR count). The van der Waals surface area contributed by atoms with Crippen LogP contribution in [0.15, 0.2) is 6.33 Å². The lowest BCUT2D eigenvalue weighted by molar-refractivity contribution is 0.228. The number of nitrogens with one attached hydrogen (secondary N) is 1. The van der Waals surface area contributed by atoms with E-state index in [-0.39, 0.29) is 0 Å². The van der Waals surface area contributed by atoms with E-state index in [1.165, 1.54) is 0 Å². The first-order chi connectivity index (χ1) is 6.45. The standard InChI is InChI=1S/C7H14N6/c1-3-12(4-2-8-1)5-6-13-7-9-10-11-13/h7-8H,1-6H2. The number of hydrogen-bond donors (Lipinski definition) is 1. The van der Waals surface area contributed by atoms with Crippen molar-refractivity contribution in [2.75, 3.05) is 32.7 Å². The second-order valence-electron chi connectivity index (χ2n) is 3.16. The van der Waals surface area contributed by atoms with Gasteiger partial charge in [0.15, 0.2) is 0 Å². The van der Waals surface area contributed by atoms with E-state index in [9.17, 15) is 0 Å². The molecule has 0 spiro atoms. The van der Waals surface area contributed by atoms with E-state index in [4.69, 9.17) is 0 Å². The van der Waals surface area contributed by atoms with Gasteiger partial charge in [0.2, 0.25) is 0 Å². The lowest BCUT2D eigenvalue weighted by Gasteiger charge is -2.26. The van der Waals surface area contributed by atoms with Crippen molar-refractivity contribution in [3.05, 3.63) is 6.33 Å². The summed E-state index contributed by atoms with van der Waals surface area (Å²) < 4.78 is 1.77. The van der Waals surface area contributed by atoms with E-state index in [0.717, 1.165) is 39.3 Å². The van der Waals surface area contributed by atoms with Gasteiger partial charge < -0.3 is 5.32 Å². The Balaban J connectivity index is 1.72. The van der Waals surface area contributed by atoms with Crippen LogP contribution >= 0.6 is 0 Å². The zero-order chi connectivity index (χ0) is 8.93. The minimum atomic E-state index is 0.882. The molecule has 72 valence electrons. The monoisotopic (exact) mass is 182 g/mol. The summed E-state index contributed by atoms with van der Waals surface area (Å²) in [5, 5.41) is 14.3. The van der Waals surface area contributed by atoms with Gasteiger partial charge >= 0.3 is 0 Å². The number of rotatable bonds is 3. The van der Waals surface area contributed by atoms with E-state index < -0.39 is 0 Å². The molecule has 0 radical (unpaired) electrons. The lowest BCUT2D eigenvalue weighted by Crippen LogP contribution is -2.44. The fourth-order valence-corrected chi connectivity index (χ4v) is 1.46. The maximum atomic E-state index is 3.81. The van der Waals surface area contributed by atoms with Crippen molar-refractivity contribution in [3.8, 4) is 0 Å². The predicted molar refractivity (Wildman–Crippen MR) is 47.1 cm³/mol. The summed E-state index contributed by atoms with van der Waals surface area (Å²) >= 11 is 0. The highest BCUT2D eigenvalue weighted by Gasteiger charge is 2.08. The second-order valence-corrected chi connectivity index (χ2v) is 3.16. The number of hydrogen-bond acceptors (Lipinski definition) is 5. The van der Waals surface area contributed by atoms with Crippen LogP contribution in [0.4, 0.5) is 0 Å². The fraction of sp³-hybridized carbons (Fsp3) is 0.857. The summed E-state index contributed by atoms with van der Waals surface area (Å²) in [4.78, 5) is 2.41. The quantitative estimate of drug-likeness (QED) is 0.621. The van der Waals surface area contributed by atoms with Crippen molar-refractivity contribution in [3.63, 3.8) is 0 Å². The van der Waals surface area contributed by atoms with Crippen LogP contribution in [0.25, 0.3) is 0 Å². The molecule has 0 amide bonds. The van der Waals surface area contributed by atoms with Crippen LogP contribution in [-0.2, 0) is 6.54 Å². The maximum Gasteiger partial charge on any atom is 0.138 e. The first-order valence-electron chi connectivity index (χ1n) is 4.59. The molecule has 6 heteroatoms. The van der Waals surface area contributed by atoms with Crippen LogP contribution in [0, 0.1) is 0 Å². The largest absolute Gasteiger partial charge is 0.314 e. The minimum absolute atomic E-state index is 0.882. The highest BCUT2D eigenvalue weighted by Crippen LogP contribution is 1.92. The van der Waals surface area contributed by atoms with Crippen molar-refractivity contribution in [1.29, 1.82) is 0 Å². The molecule has 0 aliphatic carbocycles. The van der Waals surface area contributed by atoms with Gasteiger partial charge in [-0.1, -0.05) is 0 Å². The summed E-state index contributed by atoms with van der Waals surface area (Å²) in [6, 6.07) is 0. The zero-order valence-electron chi connectivity index (χ0n) is 7.56. The predicted octanol–water partition coefficient (Wildman–Crippen LogP) is -1.42. The number of nitrogens with zero attached hydrogens (tertiary/aromatic N) is 5. The summed E-state index contributed by atoms with van der Waals surface area (Å²) in [7, 11) is 0. The first kappa shape index (κ1) is 8.58. The molecule has 1 saturated heterocycles. The molecule has 13 heavy (non-hydrogen) atoms. The highest BCUT2D eigenvalue weighted by molar-refractivity contribution is 4.67. The third-order valence-electron chi connectivity index (χ3n) is 2.25. The van der Waals surface area contributed by atoms with Gasteiger partial charge in [0, 0.05) is 32.7 Å². The van der Waals surface area contributed by atoms with Crippen LogP contribution < -0.4 is 5.32 Å². The van der Waals surface area contributed by atoms with Crippen LogP contribution in [0.3, 0.4) is 0 Å². The average molecular weight is 182 g/mol. The summed E-state index contributed by atoms with van der Waals surface area (Å²) in [5.41, 5.74) is 0. The summed E-state index contributed by atoms with van der Waals surface area (Å²) in [5.74, 6) is 0. The minimum Gasteiger partial charge on any atom is -0.314 e. The molecule has 0 atom stereocenters. The fourth-order valence-electron chi connectivity index (χ4n) is 1.46. The van der Waals surface area contributed by atoms with Gasteiger partial charge in [0.1, 0.15) is 6.33 Å². The molecule has 1 aliphatic heterocycles.